The van der Waals surface area contributed by atoms with E-state index in [2.05, 4.69) is 6.92 Å². The molecule has 0 unspecified atom stereocenters. The first-order valence-electron chi connectivity index (χ1n) is 4.45. The lowest BCUT2D eigenvalue weighted by atomic mass is 10.2. The van der Waals surface area contributed by atoms with Gasteiger partial charge >= 0.3 is 0 Å². The van der Waals surface area contributed by atoms with Gasteiger partial charge in [-0.15, -0.1) is 0 Å². The van der Waals surface area contributed by atoms with Crippen molar-refractivity contribution in [1.82, 2.24) is 0 Å². The van der Waals surface area contributed by atoms with Crippen LogP contribution in [-0.2, 0) is 0 Å². The zero-order valence-corrected chi connectivity index (χ0v) is 7.71. The highest BCUT2D eigenvalue weighted by Gasteiger charge is 1.84. The monoisotopic (exact) mass is 166 g/mol. The summed E-state index contributed by atoms with van der Waals surface area (Å²) >= 11 is 0. The maximum Gasteiger partial charge on any atom is 0.0894 e. The van der Waals surface area contributed by atoms with Gasteiger partial charge in [0.1, 0.15) is 0 Å². The van der Waals surface area contributed by atoms with Crippen LogP contribution in [0, 0.1) is 0 Å². The molecule has 0 aromatic rings. The molecule has 0 aliphatic carbocycles. The normalized spacial score (nSPS) is 8.73. The van der Waals surface area contributed by atoms with E-state index in [9.17, 15) is 8.78 Å². The van der Waals surface area contributed by atoms with Gasteiger partial charge in [-0.2, -0.15) is 0 Å². The molecule has 70 valence electrons. The summed E-state index contributed by atoms with van der Waals surface area (Å²) in [4.78, 5) is 0. The van der Waals surface area contributed by atoms with Crippen LogP contribution in [-0.4, -0.2) is 13.3 Å². The molecule has 0 radical (unpaired) electrons. The van der Waals surface area contributed by atoms with Crippen LogP contribution in [0.2, 0.25) is 0 Å². The molecule has 0 N–H and O–H groups in total. The Kier molecular flexibility index (Phi) is 20.1. The second kappa shape index (κ2) is 16.4. The van der Waals surface area contributed by atoms with Crippen LogP contribution in [0.1, 0.15) is 46.0 Å². The second-order valence-corrected chi connectivity index (χ2v) is 2.37. The molecule has 0 spiro atoms. The molecular weight excluding hydrogens is 146 g/mol. The lowest BCUT2D eigenvalue weighted by Gasteiger charge is -1.92. The molecule has 0 aromatic carbocycles. The van der Waals surface area contributed by atoms with Gasteiger partial charge in [0, 0.05) is 0 Å². The van der Waals surface area contributed by atoms with Crippen molar-refractivity contribution in [2.75, 3.05) is 13.3 Å². The van der Waals surface area contributed by atoms with E-state index in [0.29, 0.717) is 0 Å². The lowest BCUT2D eigenvalue weighted by Crippen LogP contribution is -1.77. The quantitative estimate of drug-likeness (QED) is 0.543. The predicted molar refractivity (Wildman–Crippen MR) is 46.4 cm³/mol. The van der Waals surface area contributed by atoms with Gasteiger partial charge in [0.15, 0.2) is 0 Å². The average Bonchev–Trinajstić information content (AvgIpc) is 2.00. The number of unbranched alkanes of at least 4 members (excludes halogenated alkanes) is 4. The van der Waals surface area contributed by atoms with Crippen molar-refractivity contribution in [3.63, 3.8) is 0 Å². The predicted octanol–water partition coefficient (Wildman–Crippen LogP) is 3.90. The van der Waals surface area contributed by atoms with E-state index >= 15 is 0 Å². The van der Waals surface area contributed by atoms with Crippen LogP contribution in [0.25, 0.3) is 0 Å². The molecule has 0 bridgehead atoms. The zero-order valence-electron chi connectivity index (χ0n) is 7.71. The van der Waals surface area contributed by atoms with Gasteiger partial charge in [0.05, 0.1) is 13.3 Å². The van der Waals surface area contributed by atoms with Crippen molar-refractivity contribution in [1.29, 1.82) is 0 Å². The third kappa shape index (κ3) is 25.8. The van der Waals surface area contributed by atoms with Crippen molar-refractivity contribution in [2.24, 2.45) is 0 Å². The van der Waals surface area contributed by atoms with Crippen LogP contribution in [0.5, 0.6) is 0 Å². The van der Waals surface area contributed by atoms with Gasteiger partial charge < -0.3 is 0 Å². The Labute approximate surface area is 69.0 Å². The van der Waals surface area contributed by atoms with E-state index in [-0.39, 0.29) is 13.3 Å². The molecule has 0 amide bonds. The Morgan fingerprint density at radius 3 is 1.64 bits per heavy atom. The summed E-state index contributed by atoms with van der Waals surface area (Å²) in [6, 6.07) is 0. The van der Waals surface area contributed by atoms with Crippen molar-refractivity contribution in [3.8, 4) is 0 Å². The second-order valence-electron chi connectivity index (χ2n) is 2.37. The molecule has 0 nitrogen and oxygen atoms in total. The Morgan fingerprint density at radius 1 is 0.818 bits per heavy atom. The zero-order chi connectivity index (χ0) is 8.95. The van der Waals surface area contributed by atoms with E-state index in [1.807, 2.05) is 0 Å². The largest absolute Gasteiger partial charge is 0.251 e. The molecule has 0 fully saturated rings. The third-order valence-electron chi connectivity index (χ3n) is 1.24. The Hall–Kier alpha value is -0.140. The minimum atomic E-state index is -0.250. The standard InChI is InChI=1S/C7H15F.C2H5F/c1-2-3-4-5-6-7-8;1-2-3/h2-7H2,1H3;2H2,1H3. The molecular formula is C9H20F2. The molecule has 0 heterocycles. The molecule has 0 saturated heterocycles. The number of hydrogen-bond acceptors (Lipinski definition) is 0. The minimum absolute atomic E-state index is 0.135. The lowest BCUT2D eigenvalue weighted by molar-refractivity contribution is 0.452. The fourth-order valence-corrected chi connectivity index (χ4v) is 0.698. The number of hydrogen-bond donors (Lipinski definition) is 0. The van der Waals surface area contributed by atoms with Crippen molar-refractivity contribution in [3.05, 3.63) is 0 Å². The Morgan fingerprint density at radius 2 is 1.27 bits per heavy atom. The molecule has 0 rings (SSSR count). The van der Waals surface area contributed by atoms with E-state index in [1.165, 1.54) is 26.2 Å². The van der Waals surface area contributed by atoms with Gasteiger partial charge in [0.2, 0.25) is 0 Å². The first-order chi connectivity index (χ1) is 5.33. The van der Waals surface area contributed by atoms with Gasteiger partial charge in [-0.05, 0) is 13.3 Å². The molecule has 11 heavy (non-hydrogen) atoms. The maximum absolute atomic E-state index is 11.4. The average molecular weight is 166 g/mol. The number of halogens is 2. The van der Waals surface area contributed by atoms with Crippen LogP contribution >= 0.6 is 0 Å². The van der Waals surface area contributed by atoms with Gasteiger partial charge in [-0.25, -0.2) is 0 Å². The summed E-state index contributed by atoms with van der Waals surface area (Å²) in [5.41, 5.74) is 0. The number of alkyl halides is 2. The van der Waals surface area contributed by atoms with Crippen LogP contribution in [0.4, 0.5) is 8.78 Å². The number of rotatable bonds is 5. The van der Waals surface area contributed by atoms with Crippen LogP contribution < -0.4 is 0 Å². The van der Waals surface area contributed by atoms with Crippen LogP contribution in [0.3, 0.4) is 0 Å². The Bertz CT molecular complexity index is 40.8. The van der Waals surface area contributed by atoms with Gasteiger partial charge in [-0.1, -0.05) is 32.6 Å². The van der Waals surface area contributed by atoms with E-state index in [4.69, 9.17) is 0 Å². The molecule has 0 saturated carbocycles. The van der Waals surface area contributed by atoms with Crippen LogP contribution in [0.15, 0.2) is 0 Å². The van der Waals surface area contributed by atoms with Crippen molar-refractivity contribution >= 4 is 0 Å². The van der Waals surface area contributed by atoms with E-state index in [0.717, 1.165) is 12.8 Å². The summed E-state index contributed by atoms with van der Waals surface area (Å²) < 4.78 is 21.7. The molecule has 0 atom stereocenters. The SMILES string of the molecule is CCCCCCCF.CCF. The summed E-state index contributed by atoms with van der Waals surface area (Å²) in [5, 5.41) is 0. The third-order valence-corrected chi connectivity index (χ3v) is 1.24. The summed E-state index contributed by atoms with van der Waals surface area (Å²) in [7, 11) is 0. The summed E-state index contributed by atoms with van der Waals surface area (Å²) in [6.45, 7) is 3.24. The van der Waals surface area contributed by atoms with Gasteiger partial charge in [-0.3, -0.25) is 8.78 Å². The molecule has 0 aliphatic rings. The topological polar surface area (TPSA) is 0 Å². The fourth-order valence-electron chi connectivity index (χ4n) is 0.698. The smallest absolute Gasteiger partial charge is 0.0894 e. The highest BCUT2D eigenvalue weighted by Crippen LogP contribution is 2.01. The fraction of sp³-hybridized carbons (Fsp3) is 1.00. The summed E-state index contributed by atoms with van der Waals surface area (Å²) in [5.74, 6) is 0. The Balaban J connectivity index is 0. The maximum atomic E-state index is 11.4. The first-order valence-corrected chi connectivity index (χ1v) is 4.45. The van der Waals surface area contributed by atoms with Crippen molar-refractivity contribution in [2.45, 2.75) is 46.0 Å². The molecule has 0 aliphatic heterocycles. The highest BCUT2D eigenvalue weighted by atomic mass is 19.1. The molecule has 2 heteroatoms. The summed E-state index contributed by atoms with van der Waals surface area (Å²) in [6.07, 6.45) is 5.55. The van der Waals surface area contributed by atoms with E-state index in [1.54, 1.807) is 0 Å². The van der Waals surface area contributed by atoms with E-state index < -0.39 is 0 Å². The minimum Gasteiger partial charge on any atom is -0.251 e. The first kappa shape index (κ1) is 13.4. The molecule has 0 aromatic heterocycles. The highest BCUT2D eigenvalue weighted by molar-refractivity contribution is 4.39. The van der Waals surface area contributed by atoms with Crippen molar-refractivity contribution < 1.29 is 8.78 Å². The van der Waals surface area contributed by atoms with Gasteiger partial charge in [0.25, 0.3) is 0 Å².